The minimum Gasteiger partial charge on any atom is -0.473 e. The van der Waals surface area contributed by atoms with Crippen LogP contribution < -0.4 is 4.74 Å². The van der Waals surface area contributed by atoms with Gasteiger partial charge < -0.3 is 19.8 Å². The van der Waals surface area contributed by atoms with Gasteiger partial charge in [0, 0.05) is 22.8 Å². The molecule has 2 aromatic rings. The van der Waals surface area contributed by atoms with Crippen LogP contribution in [0, 0.1) is 0 Å². The summed E-state index contributed by atoms with van der Waals surface area (Å²) < 4.78 is 14.6. The topological polar surface area (TPSA) is 113 Å². The van der Waals surface area contributed by atoms with Crippen LogP contribution in [0.2, 0.25) is 0 Å². The average molecular weight is 412 g/mol. The van der Waals surface area contributed by atoms with Gasteiger partial charge >= 0.3 is 11.9 Å². The molecule has 0 saturated heterocycles. The molecule has 3 heterocycles. The van der Waals surface area contributed by atoms with Gasteiger partial charge in [-0.3, -0.25) is 0 Å². The lowest BCUT2D eigenvalue weighted by atomic mass is 10.1. The van der Waals surface area contributed by atoms with E-state index in [2.05, 4.69) is 45.8 Å². The molecular formula is C17H21N3O5S2. The average Bonchev–Trinajstić information content (AvgIpc) is 3.29. The highest BCUT2D eigenvalue weighted by molar-refractivity contribution is 7.11. The summed E-state index contributed by atoms with van der Waals surface area (Å²) in [6.45, 7) is 4.77. The van der Waals surface area contributed by atoms with Gasteiger partial charge in [-0.05, 0) is 37.6 Å². The van der Waals surface area contributed by atoms with Crippen molar-refractivity contribution in [3.05, 3.63) is 33.7 Å². The maximum atomic E-state index is 9.10. The number of rotatable bonds is 5. The van der Waals surface area contributed by atoms with Gasteiger partial charge in [-0.2, -0.15) is 4.37 Å². The second-order valence-electron chi connectivity index (χ2n) is 5.79. The molecule has 0 radical (unpaired) electrons. The van der Waals surface area contributed by atoms with E-state index in [9.17, 15) is 0 Å². The van der Waals surface area contributed by atoms with Crippen LogP contribution in [0.3, 0.4) is 0 Å². The predicted octanol–water partition coefficient (Wildman–Crippen LogP) is 2.62. The van der Waals surface area contributed by atoms with Crippen LogP contribution in [0.1, 0.15) is 28.8 Å². The number of carbonyl (C=O) groups is 2. The molecule has 8 nitrogen and oxygen atoms in total. The quantitative estimate of drug-likeness (QED) is 0.722. The van der Waals surface area contributed by atoms with Crippen molar-refractivity contribution in [2.24, 2.45) is 0 Å². The zero-order valence-electron chi connectivity index (χ0n) is 15.0. The molecule has 0 unspecified atom stereocenters. The number of nitrogens with zero attached hydrogens (tertiary/aromatic N) is 3. The lowest BCUT2D eigenvalue weighted by Crippen LogP contribution is -2.25. The van der Waals surface area contributed by atoms with E-state index in [1.165, 1.54) is 27.1 Å². The van der Waals surface area contributed by atoms with E-state index < -0.39 is 11.9 Å². The summed E-state index contributed by atoms with van der Waals surface area (Å²) in [7, 11) is 2.13. The summed E-state index contributed by atoms with van der Waals surface area (Å²) in [5.74, 6) is -2.97. The molecule has 0 atom stereocenters. The normalized spacial score (nSPS) is 14.1. The second kappa shape index (κ2) is 10.1. The van der Waals surface area contributed by atoms with Crippen molar-refractivity contribution in [3.63, 3.8) is 0 Å². The van der Waals surface area contributed by atoms with Crippen LogP contribution in [-0.4, -0.2) is 55.9 Å². The molecule has 1 aliphatic rings. The van der Waals surface area contributed by atoms with E-state index >= 15 is 0 Å². The highest BCUT2D eigenvalue weighted by Crippen LogP contribution is 2.28. The molecular weight excluding hydrogens is 390 g/mol. The molecule has 0 aromatic carbocycles. The molecule has 27 heavy (non-hydrogen) atoms. The largest absolute Gasteiger partial charge is 0.473 e. The summed E-state index contributed by atoms with van der Waals surface area (Å²) in [6.07, 6.45) is 4.39. The molecule has 2 N–H and O–H groups in total. The van der Waals surface area contributed by atoms with Crippen LogP contribution in [0.15, 0.2) is 18.2 Å². The highest BCUT2D eigenvalue weighted by atomic mass is 32.1. The fourth-order valence-electron chi connectivity index (χ4n) is 2.37. The highest BCUT2D eigenvalue weighted by Gasteiger charge is 2.18. The van der Waals surface area contributed by atoms with Crippen molar-refractivity contribution in [2.45, 2.75) is 26.4 Å². The third-order valence-electron chi connectivity index (χ3n) is 3.70. The Bertz CT molecular complexity index is 803. The Morgan fingerprint density at radius 2 is 1.93 bits per heavy atom. The van der Waals surface area contributed by atoms with E-state index in [1.807, 2.05) is 0 Å². The summed E-state index contributed by atoms with van der Waals surface area (Å²) in [6, 6.07) is 4.30. The number of aromatic nitrogens is 2. The first kappa shape index (κ1) is 21.0. The number of aliphatic carboxylic acids is 2. The van der Waals surface area contributed by atoms with Gasteiger partial charge in [-0.25, -0.2) is 9.59 Å². The third-order valence-corrected chi connectivity index (χ3v) is 5.42. The van der Waals surface area contributed by atoms with Crippen molar-refractivity contribution < 1.29 is 24.5 Å². The van der Waals surface area contributed by atoms with E-state index in [4.69, 9.17) is 24.5 Å². The molecule has 1 aliphatic heterocycles. The molecule has 146 valence electrons. The Morgan fingerprint density at radius 1 is 1.22 bits per heavy atom. The third kappa shape index (κ3) is 6.42. The van der Waals surface area contributed by atoms with Crippen molar-refractivity contribution in [1.82, 2.24) is 13.6 Å². The van der Waals surface area contributed by atoms with Crippen LogP contribution in [-0.2, 0) is 22.6 Å². The maximum absolute atomic E-state index is 9.10. The van der Waals surface area contributed by atoms with Gasteiger partial charge in [-0.1, -0.05) is 13.0 Å². The first-order valence-corrected chi connectivity index (χ1v) is 9.82. The predicted molar refractivity (Wildman–Crippen MR) is 103 cm³/mol. The number of hydrogen-bond acceptors (Lipinski definition) is 8. The van der Waals surface area contributed by atoms with Crippen molar-refractivity contribution in [3.8, 4) is 5.88 Å². The summed E-state index contributed by atoms with van der Waals surface area (Å²) in [5.41, 5.74) is 2.15. The van der Waals surface area contributed by atoms with Crippen LogP contribution in [0.5, 0.6) is 5.88 Å². The SMILES string of the molecule is CCc1ccc(COc2nsnc2C2=CCCN(C)C2)s1.O=C(O)C(=O)O. The molecule has 0 bridgehead atoms. The van der Waals surface area contributed by atoms with Crippen molar-refractivity contribution >= 4 is 40.6 Å². The Morgan fingerprint density at radius 3 is 2.52 bits per heavy atom. The fourth-order valence-corrected chi connectivity index (χ4v) is 3.77. The van der Waals surface area contributed by atoms with Crippen LogP contribution >= 0.6 is 23.1 Å². The number of ether oxygens (including phenoxy) is 1. The molecule has 0 amide bonds. The second-order valence-corrected chi connectivity index (χ2v) is 7.58. The van der Waals surface area contributed by atoms with E-state index in [0.717, 1.165) is 31.6 Å². The fraction of sp³-hybridized carbons (Fsp3) is 0.412. The molecule has 0 fully saturated rings. The number of carboxylic acids is 2. The molecule has 3 rings (SSSR count). The first-order valence-electron chi connectivity index (χ1n) is 8.27. The lowest BCUT2D eigenvalue weighted by Gasteiger charge is -2.22. The Kier molecular flexibility index (Phi) is 7.89. The number of thiophene rings is 1. The standard InChI is InChI=1S/C15H19N3OS2.C2H2O4/c1-3-12-6-7-13(20-12)10-19-15-14(16-21-17-15)11-5-4-8-18(2)9-11;3-1(4)2(5)6/h5-7H,3-4,8-10H2,1-2H3;(H,3,4)(H,5,6). The number of hydrogen-bond donors (Lipinski definition) is 2. The smallest absolute Gasteiger partial charge is 0.414 e. The van der Waals surface area contributed by atoms with Gasteiger partial charge in [0.1, 0.15) is 12.3 Å². The molecule has 0 aliphatic carbocycles. The lowest BCUT2D eigenvalue weighted by molar-refractivity contribution is -0.159. The van der Waals surface area contributed by atoms with Crippen LogP contribution in [0.4, 0.5) is 0 Å². The summed E-state index contributed by atoms with van der Waals surface area (Å²) in [5, 5.41) is 14.8. The molecule has 10 heteroatoms. The molecule has 0 spiro atoms. The number of aryl methyl sites for hydroxylation is 1. The number of carboxylic acid groups (broad SMARTS) is 2. The van der Waals surface area contributed by atoms with Crippen LogP contribution in [0.25, 0.3) is 5.57 Å². The molecule has 2 aromatic heterocycles. The summed E-state index contributed by atoms with van der Waals surface area (Å²) >= 11 is 3.03. The van der Waals surface area contributed by atoms with Crippen molar-refractivity contribution in [2.75, 3.05) is 20.1 Å². The Hall–Kier alpha value is -2.30. The Balaban J connectivity index is 0.000000380. The summed E-state index contributed by atoms with van der Waals surface area (Å²) in [4.78, 5) is 23.1. The Labute approximate surface area is 165 Å². The molecule has 0 saturated carbocycles. The minimum atomic E-state index is -1.82. The van der Waals surface area contributed by atoms with Gasteiger partial charge in [0.25, 0.3) is 5.88 Å². The van der Waals surface area contributed by atoms with Crippen molar-refractivity contribution in [1.29, 1.82) is 0 Å². The maximum Gasteiger partial charge on any atom is 0.414 e. The van der Waals surface area contributed by atoms with Gasteiger partial charge in [0.05, 0.1) is 11.7 Å². The van der Waals surface area contributed by atoms with Gasteiger partial charge in [0.2, 0.25) is 0 Å². The first-order chi connectivity index (χ1) is 12.9. The zero-order valence-corrected chi connectivity index (χ0v) is 16.7. The van der Waals surface area contributed by atoms with Gasteiger partial charge in [-0.15, -0.1) is 15.7 Å². The number of likely N-dealkylation sites (N-methyl/N-ethyl adjacent to an activating group) is 1. The minimum absolute atomic E-state index is 0.576. The van der Waals surface area contributed by atoms with Gasteiger partial charge in [0.15, 0.2) is 0 Å². The monoisotopic (exact) mass is 411 g/mol. The zero-order chi connectivity index (χ0) is 19.8. The van der Waals surface area contributed by atoms with E-state index in [0.29, 0.717) is 12.5 Å². The van der Waals surface area contributed by atoms with E-state index in [-0.39, 0.29) is 0 Å². The van der Waals surface area contributed by atoms with E-state index in [1.54, 1.807) is 11.3 Å².